The third kappa shape index (κ3) is 7.77. The van der Waals surface area contributed by atoms with Crippen LogP contribution >= 0.6 is 0 Å². The summed E-state index contributed by atoms with van der Waals surface area (Å²) in [4.78, 5) is 66.1. The molecule has 13 nitrogen and oxygen atoms in total. The Labute approximate surface area is 200 Å². The number of nitrogens with two attached hydrogens (primary N) is 1. The molecule has 1 fully saturated rings. The minimum Gasteiger partial charge on any atom is -0.480 e. The Morgan fingerprint density at radius 2 is 1.86 bits per heavy atom. The lowest BCUT2D eigenvalue weighted by atomic mass is 10.0. The molecule has 0 aromatic carbocycles. The molecule has 0 radical (unpaired) electrons. The van der Waals surface area contributed by atoms with Gasteiger partial charge in [0.25, 0.3) is 0 Å². The van der Waals surface area contributed by atoms with Crippen molar-refractivity contribution in [3.05, 3.63) is 30.1 Å². The van der Waals surface area contributed by atoms with Gasteiger partial charge in [-0.1, -0.05) is 0 Å². The quantitative estimate of drug-likeness (QED) is 0.178. The van der Waals surface area contributed by atoms with Gasteiger partial charge in [-0.15, -0.1) is 0 Å². The first-order chi connectivity index (χ1) is 16.4. The molecule has 9 N–H and O–H groups in total. The third-order valence-corrected chi connectivity index (χ3v) is 5.51. The number of halogens is 1. The molecule has 0 saturated carbocycles. The van der Waals surface area contributed by atoms with Crippen LogP contribution in [0.15, 0.2) is 24.5 Å². The minimum atomic E-state index is -1.60. The second-order valence-electron chi connectivity index (χ2n) is 8.37. The van der Waals surface area contributed by atoms with Crippen LogP contribution in [0, 0.1) is 0 Å². The van der Waals surface area contributed by atoms with Gasteiger partial charge in [0.05, 0.1) is 19.1 Å². The molecule has 2 heterocycles. The van der Waals surface area contributed by atoms with Gasteiger partial charge in [-0.2, -0.15) is 0 Å². The average molecular weight is 498 g/mol. The fraction of sp³-hybridized carbons (Fsp3) is 0.524. The normalized spacial score (nSPS) is 20.9. The number of amides is 4. The van der Waals surface area contributed by atoms with Gasteiger partial charge in [0.2, 0.25) is 17.7 Å². The number of pyridine rings is 1. The number of aliphatic hydroxyl groups excluding tert-OH is 1. The van der Waals surface area contributed by atoms with Gasteiger partial charge in [-0.25, -0.2) is 14.0 Å². The molecule has 2 rings (SSSR count). The molecule has 4 amide bonds. The first-order valence-electron chi connectivity index (χ1n) is 10.9. The summed E-state index contributed by atoms with van der Waals surface area (Å²) >= 11 is 0. The predicted molar refractivity (Wildman–Crippen MR) is 117 cm³/mol. The zero-order valence-electron chi connectivity index (χ0n) is 19.1. The summed E-state index contributed by atoms with van der Waals surface area (Å²) in [6, 6.07) is -2.39. The zero-order chi connectivity index (χ0) is 26.3. The van der Waals surface area contributed by atoms with Gasteiger partial charge in [0, 0.05) is 25.2 Å². The second-order valence-corrected chi connectivity index (χ2v) is 8.37. The zero-order valence-corrected chi connectivity index (χ0v) is 19.1. The first-order valence-corrected chi connectivity index (χ1v) is 10.9. The van der Waals surface area contributed by atoms with E-state index in [2.05, 4.69) is 21.4 Å². The van der Waals surface area contributed by atoms with Crippen molar-refractivity contribution < 1.29 is 44.3 Å². The van der Waals surface area contributed by atoms with E-state index in [4.69, 9.17) is 5.73 Å². The summed E-state index contributed by atoms with van der Waals surface area (Å²) in [5.74, 6) is -4.80. The smallest absolute Gasteiger partial charge is 0.326 e. The molecule has 6 atom stereocenters. The highest BCUT2D eigenvalue weighted by molar-refractivity contribution is 5.95. The Balaban J connectivity index is 2.27. The number of nitrogens with zero attached hydrogens (tertiary/aromatic N) is 2. The number of likely N-dealkylation sites (tertiary alicyclic amines) is 1. The van der Waals surface area contributed by atoms with Crippen molar-refractivity contribution in [2.75, 3.05) is 6.54 Å². The number of carbonyl (C=O) groups is 5. The van der Waals surface area contributed by atoms with E-state index >= 15 is 0 Å². The molecule has 1 aromatic rings. The van der Waals surface area contributed by atoms with Crippen LogP contribution in [0.5, 0.6) is 0 Å². The van der Waals surface area contributed by atoms with Gasteiger partial charge in [-0.3, -0.25) is 25.1 Å². The highest BCUT2D eigenvalue weighted by Gasteiger charge is 2.43. The SMILES string of the molecule is C[C@@H](O)[C@H](N)C(=O)N[C@@H](Cc1ccncc1)C(=O)N1C[C@H](F)C[C@H]1C(=O)N[C@@H](CC([NH3+])=O)C(=O)O. The minimum absolute atomic E-state index is 0.0465. The lowest BCUT2D eigenvalue weighted by Crippen LogP contribution is -2.61. The Morgan fingerprint density at radius 3 is 2.40 bits per heavy atom. The molecular formula is C21H30FN6O7+. The Bertz CT molecular complexity index is 947. The highest BCUT2D eigenvalue weighted by Crippen LogP contribution is 2.23. The van der Waals surface area contributed by atoms with Crippen molar-refractivity contribution >= 4 is 29.6 Å². The van der Waals surface area contributed by atoms with Crippen LogP contribution in [-0.2, 0) is 30.4 Å². The molecule has 1 aromatic heterocycles. The van der Waals surface area contributed by atoms with E-state index in [0.717, 1.165) is 4.90 Å². The van der Waals surface area contributed by atoms with E-state index in [1.54, 1.807) is 12.1 Å². The van der Waals surface area contributed by atoms with Crippen LogP contribution in [0.1, 0.15) is 25.3 Å². The molecule has 0 unspecified atom stereocenters. The van der Waals surface area contributed by atoms with Crippen LogP contribution in [0.4, 0.5) is 4.39 Å². The monoisotopic (exact) mass is 497 g/mol. The average Bonchev–Trinajstić information content (AvgIpc) is 3.19. The van der Waals surface area contributed by atoms with E-state index in [1.165, 1.54) is 19.3 Å². The van der Waals surface area contributed by atoms with E-state index in [0.29, 0.717) is 5.56 Å². The largest absolute Gasteiger partial charge is 0.480 e. The lowest BCUT2D eigenvalue weighted by Gasteiger charge is -2.30. The van der Waals surface area contributed by atoms with E-state index in [9.17, 15) is 38.6 Å². The summed E-state index contributed by atoms with van der Waals surface area (Å²) in [7, 11) is 0. The van der Waals surface area contributed by atoms with Crippen molar-refractivity contribution in [3.63, 3.8) is 0 Å². The topological polar surface area (TPSA) is 220 Å². The standard InChI is InChI=1S/C21H29FN6O7/c1-10(29)17(24)19(32)26-13(6-11-2-4-25-5-3-11)20(33)28-9-12(22)7-15(28)18(31)27-14(21(34)35)8-16(23)30/h2-5,10,12-15,17,29H,6-9,24H2,1H3,(H2,23,30)(H,26,32)(H,27,31)(H,34,35)/p+1/t10-,12-,13+,14+,15+,17+/m1/s1. The number of nitrogens with one attached hydrogen (secondary N) is 2. The number of alkyl halides is 1. The van der Waals surface area contributed by atoms with E-state index < -0.39 is 85.4 Å². The number of rotatable bonds is 11. The summed E-state index contributed by atoms with van der Waals surface area (Å²) < 4.78 is 14.3. The summed E-state index contributed by atoms with van der Waals surface area (Å²) in [5.41, 5.74) is 9.35. The number of hydrogen-bond acceptors (Lipinski definition) is 8. The summed E-state index contributed by atoms with van der Waals surface area (Å²) in [6.45, 7) is 0.835. The van der Waals surface area contributed by atoms with Gasteiger partial charge in [0.15, 0.2) is 0 Å². The fourth-order valence-corrected chi connectivity index (χ4v) is 3.61. The summed E-state index contributed by atoms with van der Waals surface area (Å²) in [5, 5.41) is 23.5. The number of aromatic nitrogens is 1. The van der Waals surface area contributed by atoms with E-state index in [-0.39, 0.29) is 6.42 Å². The molecule has 0 aliphatic carbocycles. The van der Waals surface area contributed by atoms with Crippen molar-refractivity contribution in [3.8, 4) is 0 Å². The van der Waals surface area contributed by atoms with Gasteiger partial charge < -0.3 is 31.5 Å². The third-order valence-electron chi connectivity index (χ3n) is 5.51. The number of aliphatic hydroxyl groups is 1. The summed E-state index contributed by atoms with van der Waals surface area (Å²) in [6.07, 6.45) is -0.876. The number of aliphatic carboxylic acids is 1. The van der Waals surface area contributed by atoms with Crippen LogP contribution in [-0.4, -0.2) is 92.7 Å². The maximum Gasteiger partial charge on any atom is 0.326 e. The second kappa shape index (κ2) is 12.3. The number of carboxylic acid groups (broad SMARTS) is 1. The van der Waals surface area contributed by atoms with Crippen LogP contribution in [0.2, 0.25) is 0 Å². The Hall–Kier alpha value is -3.49. The maximum atomic E-state index is 14.3. The fourth-order valence-electron chi connectivity index (χ4n) is 3.61. The molecule has 1 aliphatic heterocycles. The predicted octanol–water partition coefficient (Wildman–Crippen LogP) is -3.52. The van der Waals surface area contributed by atoms with Crippen molar-refractivity contribution in [1.82, 2.24) is 20.5 Å². The molecule has 35 heavy (non-hydrogen) atoms. The van der Waals surface area contributed by atoms with E-state index in [1.807, 2.05) is 0 Å². The molecule has 0 spiro atoms. The molecule has 0 bridgehead atoms. The molecule has 1 saturated heterocycles. The van der Waals surface area contributed by atoms with Crippen molar-refractivity contribution in [1.29, 1.82) is 0 Å². The maximum absolute atomic E-state index is 14.3. The van der Waals surface area contributed by atoms with Gasteiger partial charge in [-0.05, 0) is 24.6 Å². The molecule has 192 valence electrons. The molecule has 14 heteroatoms. The van der Waals surface area contributed by atoms with Crippen LogP contribution < -0.4 is 22.1 Å². The number of carbonyl (C=O) groups excluding carboxylic acids is 4. The Morgan fingerprint density at radius 1 is 1.23 bits per heavy atom. The van der Waals surface area contributed by atoms with Crippen LogP contribution in [0.3, 0.4) is 0 Å². The van der Waals surface area contributed by atoms with Crippen molar-refractivity contribution in [2.45, 2.75) is 62.6 Å². The highest BCUT2D eigenvalue weighted by atomic mass is 19.1. The molecular weight excluding hydrogens is 467 g/mol. The number of hydrogen-bond donors (Lipinski definition) is 6. The Kier molecular flexibility index (Phi) is 9.74. The molecule has 1 aliphatic rings. The first kappa shape index (κ1) is 27.8. The van der Waals surface area contributed by atoms with Gasteiger partial charge >= 0.3 is 11.9 Å². The van der Waals surface area contributed by atoms with Crippen LogP contribution in [0.25, 0.3) is 0 Å². The number of carboxylic acids is 1. The van der Waals surface area contributed by atoms with Gasteiger partial charge in [0.1, 0.15) is 30.3 Å². The van der Waals surface area contributed by atoms with Crippen molar-refractivity contribution in [2.24, 2.45) is 5.73 Å². The number of quaternary nitrogens is 1. The lowest BCUT2D eigenvalue weighted by molar-refractivity contribution is -0.306.